The van der Waals surface area contributed by atoms with Crippen LogP contribution in [0.15, 0.2) is 56.5 Å². The van der Waals surface area contributed by atoms with Gasteiger partial charge < -0.3 is 9.47 Å². The first-order chi connectivity index (χ1) is 16.8. The molecular formula is C25H24BrClN4O3S. The standard InChI is InChI=1S/C25H24BrClN4O3S/c1-4-33-20-12-15(11-18(26)22(20)34-13-16-7-5-6-8-19(16)27)10-17-23(28)31-25(29-24(17)32)35-21(30-31)9-14(2)3/h5-8,10-12,14,28H,4,9,13H2,1-3H3. The lowest BCUT2D eigenvalue weighted by molar-refractivity contribution is -0.114. The minimum absolute atomic E-state index is 0.000570. The smallest absolute Gasteiger partial charge is 0.283 e. The molecule has 1 amide bonds. The Morgan fingerprint density at radius 1 is 1.26 bits per heavy atom. The second-order valence-electron chi connectivity index (χ2n) is 8.25. The molecule has 0 atom stereocenters. The first-order valence-corrected chi connectivity index (χ1v) is 13.1. The number of fused-ring (bicyclic) bond motifs is 1. The summed E-state index contributed by atoms with van der Waals surface area (Å²) < 4.78 is 12.5. The van der Waals surface area contributed by atoms with Crippen LogP contribution in [0.1, 0.15) is 38.3 Å². The molecule has 0 saturated carbocycles. The fourth-order valence-corrected chi connectivity index (χ4v) is 5.33. The minimum Gasteiger partial charge on any atom is -0.490 e. The van der Waals surface area contributed by atoms with Crippen LogP contribution in [0.5, 0.6) is 11.5 Å². The highest BCUT2D eigenvalue weighted by Gasteiger charge is 2.35. The van der Waals surface area contributed by atoms with E-state index in [0.717, 1.165) is 17.0 Å². The van der Waals surface area contributed by atoms with Crippen LogP contribution >= 0.6 is 39.3 Å². The van der Waals surface area contributed by atoms with Gasteiger partial charge in [-0.15, -0.1) is 0 Å². The van der Waals surface area contributed by atoms with Crippen LogP contribution in [-0.2, 0) is 11.4 Å². The first-order valence-electron chi connectivity index (χ1n) is 11.1. The fourth-order valence-electron chi connectivity index (χ4n) is 3.47. The zero-order valence-corrected chi connectivity index (χ0v) is 22.6. The lowest BCUT2D eigenvalue weighted by Crippen LogP contribution is -2.35. The van der Waals surface area contributed by atoms with Gasteiger partial charge in [0.1, 0.15) is 11.7 Å². The van der Waals surface area contributed by atoms with E-state index in [4.69, 9.17) is 26.5 Å². The topological polar surface area (TPSA) is 87.3 Å². The number of hydrogen-bond donors (Lipinski definition) is 1. The normalized spacial score (nSPS) is 16.5. The van der Waals surface area contributed by atoms with Crippen LogP contribution in [0.3, 0.4) is 0 Å². The number of nitrogens with one attached hydrogen (secondary N) is 1. The molecule has 4 rings (SSSR count). The van der Waals surface area contributed by atoms with Gasteiger partial charge in [0.2, 0.25) is 5.17 Å². The van der Waals surface area contributed by atoms with Gasteiger partial charge in [-0.3, -0.25) is 10.2 Å². The van der Waals surface area contributed by atoms with Crippen LogP contribution in [0, 0.1) is 11.3 Å². The Labute approximate surface area is 221 Å². The number of benzene rings is 2. The van der Waals surface area contributed by atoms with Crippen LogP contribution in [0.4, 0.5) is 0 Å². The van der Waals surface area contributed by atoms with E-state index >= 15 is 0 Å². The molecule has 182 valence electrons. The van der Waals surface area contributed by atoms with Crippen molar-refractivity contribution in [3.63, 3.8) is 0 Å². The molecule has 7 nitrogen and oxygen atoms in total. The Morgan fingerprint density at radius 2 is 2.03 bits per heavy atom. The molecule has 2 aromatic rings. The van der Waals surface area contributed by atoms with Crippen LogP contribution < -0.4 is 9.47 Å². The summed E-state index contributed by atoms with van der Waals surface area (Å²) in [6, 6.07) is 11.1. The lowest BCUT2D eigenvalue weighted by atomic mass is 10.1. The predicted octanol–water partition coefficient (Wildman–Crippen LogP) is 6.75. The molecule has 0 bridgehead atoms. The molecule has 10 heteroatoms. The van der Waals surface area contributed by atoms with Crippen LogP contribution in [-0.4, -0.2) is 33.6 Å². The minimum atomic E-state index is -0.470. The average molecular weight is 576 g/mol. The number of ether oxygens (including phenoxy) is 2. The number of halogens is 2. The maximum atomic E-state index is 12.8. The van der Waals surface area contributed by atoms with Gasteiger partial charge in [0.15, 0.2) is 17.3 Å². The number of carbonyl (C=O) groups excluding carboxylic acids is 1. The van der Waals surface area contributed by atoms with Crippen molar-refractivity contribution in [2.75, 3.05) is 6.61 Å². The third kappa shape index (κ3) is 5.79. The summed E-state index contributed by atoms with van der Waals surface area (Å²) in [7, 11) is 0. The van der Waals surface area contributed by atoms with Crippen molar-refractivity contribution in [1.29, 1.82) is 5.41 Å². The molecule has 0 aliphatic carbocycles. The first kappa shape index (κ1) is 25.5. The van der Waals surface area contributed by atoms with E-state index in [-0.39, 0.29) is 18.0 Å². The van der Waals surface area contributed by atoms with Gasteiger partial charge in [0, 0.05) is 17.0 Å². The number of hydrogen-bond acceptors (Lipinski definition) is 6. The molecular weight excluding hydrogens is 552 g/mol. The number of aliphatic imine (C=N–C) groups is 1. The molecule has 35 heavy (non-hydrogen) atoms. The van der Waals surface area contributed by atoms with Crippen molar-refractivity contribution < 1.29 is 14.3 Å². The van der Waals surface area contributed by atoms with Crippen molar-refractivity contribution >= 4 is 67.3 Å². The summed E-state index contributed by atoms with van der Waals surface area (Å²) in [6.07, 6.45) is 2.39. The van der Waals surface area contributed by atoms with Crippen LogP contribution in [0.2, 0.25) is 5.02 Å². The van der Waals surface area contributed by atoms with Gasteiger partial charge in [-0.25, -0.2) is 0 Å². The summed E-state index contributed by atoms with van der Waals surface area (Å²) >= 11 is 11.2. The highest BCUT2D eigenvalue weighted by Crippen LogP contribution is 2.39. The molecule has 0 aromatic heterocycles. The lowest BCUT2D eigenvalue weighted by Gasteiger charge is -2.20. The maximum absolute atomic E-state index is 12.8. The fraction of sp³-hybridized carbons (Fsp3) is 0.280. The quantitative estimate of drug-likeness (QED) is 0.352. The highest BCUT2D eigenvalue weighted by atomic mass is 79.9. The SMILES string of the molecule is CCOc1cc(C=C2C(=N)N3N=C(CC(C)C)SC3=NC2=O)cc(Br)c1OCc1ccccc1Cl. The van der Waals surface area contributed by atoms with Crippen molar-refractivity contribution in [3.8, 4) is 11.5 Å². The van der Waals surface area contributed by atoms with E-state index in [1.54, 1.807) is 12.1 Å². The van der Waals surface area contributed by atoms with E-state index in [1.165, 1.54) is 16.8 Å². The number of amidine groups is 2. The van der Waals surface area contributed by atoms with Gasteiger partial charge in [0.25, 0.3) is 5.91 Å². The summed E-state index contributed by atoms with van der Waals surface area (Å²) in [5.41, 5.74) is 1.67. The molecule has 1 N–H and O–H groups in total. The Balaban J connectivity index is 1.62. The number of rotatable bonds is 8. The van der Waals surface area contributed by atoms with E-state index in [9.17, 15) is 4.79 Å². The largest absolute Gasteiger partial charge is 0.490 e. The Morgan fingerprint density at radius 3 is 2.74 bits per heavy atom. The molecule has 0 saturated heterocycles. The summed E-state index contributed by atoms with van der Waals surface area (Å²) in [5.74, 6) is 0.977. The Bertz CT molecular complexity index is 1280. The third-order valence-corrected chi connectivity index (χ3v) is 6.94. The zero-order chi connectivity index (χ0) is 25.1. The molecule has 2 aliphatic heterocycles. The summed E-state index contributed by atoms with van der Waals surface area (Å²) in [4.78, 5) is 16.9. The summed E-state index contributed by atoms with van der Waals surface area (Å²) in [6.45, 7) is 6.77. The number of amides is 1. The third-order valence-electron chi connectivity index (χ3n) is 5.05. The molecule has 2 aliphatic rings. The van der Waals surface area contributed by atoms with Crippen molar-refractivity contribution in [2.45, 2.75) is 33.8 Å². The van der Waals surface area contributed by atoms with Crippen molar-refractivity contribution in [2.24, 2.45) is 16.0 Å². The average Bonchev–Trinajstić information content (AvgIpc) is 3.19. The Kier molecular flexibility index (Phi) is 7.98. The maximum Gasteiger partial charge on any atom is 0.283 e. The molecule has 2 aromatic carbocycles. The molecule has 0 unspecified atom stereocenters. The zero-order valence-electron chi connectivity index (χ0n) is 19.5. The number of thioether (sulfide) groups is 1. The van der Waals surface area contributed by atoms with Crippen molar-refractivity contribution in [3.05, 3.63) is 62.6 Å². The molecule has 0 spiro atoms. The number of carbonyl (C=O) groups is 1. The van der Waals surface area contributed by atoms with Crippen molar-refractivity contribution in [1.82, 2.24) is 5.01 Å². The van der Waals surface area contributed by atoms with Crippen LogP contribution in [0.25, 0.3) is 6.08 Å². The van der Waals surface area contributed by atoms with Gasteiger partial charge in [-0.05, 0) is 70.4 Å². The predicted molar refractivity (Wildman–Crippen MR) is 146 cm³/mol. The van der Waals surface area contributed by atoms with Gasteiger partial charge in [-0.2, -0.15) is 15.1 Å². The number of hydrazone groups is 1. The Hall–Kier alpha value is -2.62. The van der Waals surface area contributed by atoms with E-state index in [2.05, 4.69) is 39.9 Å². The summed E-state index contributed by atoms with van der Waals surface area (Å²) in [5, 5.41) is 16.4. The molecule has 0 radical (unpaired) electrons. The van der Waals surface area contributed by atoms with E-state index < -0.39 is 5.91 Å². The van der Waals surface area contributed by atoms with E-state index in [1.807, 2.05) is 37.3 Å². The van der Waals surface area contributed by atoms with Gasteiger partial charge in [0.05, 0.1) is 16.7 Å². The van der Waals surface area contributed by atoms with Gasteiger partial charge >= 0.3 is 0 Å². The van der Waals surface area contributed by atoms with E-state index in [0.29, 0.717) is 44.3 Å². The molecule has 0 fully saturated rings. The number of nitrogens with zero attached hydrogens (tertiary/aromatic N) is 3. The molecule has 2 heterocycles. The highest BCUT2D eigenvalue weighted by molar-refractivity contribution is 9.10. The van der Waals surface area contributed by atoms with Gasteiger partial charge in [-0.1, -0.05) is 43.6 Å². The monoisotopic (exact) mass is 574 g/mol. The second-order valence-corrected chi connectivity index (χ2v) is 10.6. The second kappa shape index (κ2) is 11.0.